The quantitative estimate of drug-likeness (QED) is 0.600. The van der Waals surface area contributed by atoms with Gasteiger partial charge in [0.15, 0.2) is 0 Å². The van der Waals surface area contributed by atoms with Crippen LogP contribution in [-0.4, -0.2) is 36.9 Å². The monoisotopic (exact) mass is 255 g/mol. The summed E-state index contributed by atoms with van der Waals surface area (Å²) in [4.78, 5) is 34.0. The Balaban J connectivity index is 2.15. The highest BCUT2D eigenvalue weighted by Gasteiger charge is 2.27. The average molecular weight is 255 g/mol. The van der Waals surface area contributed by atoms with Gasteiger partial charge in [0.05, 0.1) is 5.92 Å². The van der Waals surface area contributed by atoms with Crippen LogP contribution in [0.3, 0.4) is 0 Å². The van der Waals surface area contributed by atoms with E-state index in [1.54, 1.807) is 0 Å². The summed E-state index contributed by atoms with van der Waals surface area (Å²) in [5, 5.41) is 8.10. The minimum atomic E-state index is -0.296. The maximum Gasteiger partial charge on any atom is 0.225 e. The first-order chi connectivity index (χ1) is 8.52. The molecule has 6 heteroatoms. The second kappa shape index (κ2) is 6.98. The van der Waals surface area contributed by atoms with E-state index in [0.29, 0.717) is 13.1 Å². The predicted octanol–water partition coefficient (Wildman–Crippen LogP) is -0.456. The van der Waals surface area contributed by atoms with Gasteiger partial charge in [-0.3, -0.25) is 14.4 Å². The van der Waals surface area contributed by atoms with Crippen LogP contribution in [0.15, 0.2) is 0 Å². The lowest BCUT2D eigenvalue weighted by Crippen LogP contribution is -2.37. The molecule has 0 aromatic carbocycles. The van der Waals surface area contributed by atoms with Gasteiger partial charge in [-0.1, -0.05) is 6.92 Å². The zero-order chi connectivity index (χ0) is 13.5. The highest BCUT2D eigenvalue weighted by molar-refractivity contribution is 5.89. The van der Waals surface area contributed by atoms with Crippen LogP contribution in [0, 0.1) is 5.92 Å². The van der Waals surface area contributed by atoms with Crippen molar-refractivity contribution < 1.29 is 14.4 Å². The molecule has 0 bridgehead atoms. The minimum absolute atomic E-state index is 0.0646. The number of carbonyl (C=O) groups excluding carboxylic acids is 3. The molecule has 1 rings (SSSR count). The van der Waals surface area contributed by atoms with Crippen LogP contribution in [0.2, 0.25) is 0 Å². The molecule has 2 atom stereocenters. The van der Waals surface area contributed by atoms with E-state index < -0.39 is 0 Å². The van der Waals surface area contributed by atoms with E-state index in [-0.39, 0.29) is 42.5 Å². The number of nitrogens with one attached hydrogen (secondary N) is 3. The van der Waals surface area contributed by atoms with Crippen LogP contribution in [0.1, 0.15) is 33.1 Å². The fraction of sp³-hybridized carbons (Fsp3) is 0.750. The molecule has 6 nitrogen and oxygen atoms in total. The van der Waals surface area contributed by atoms with Crippen LogP contribution < -0.4 is 16.0 Å². The van der Waals surface area contributed by atoms with Gasteiger partial charge < -0.3 is 16.0 Å². The average Bonchev–Trinajstić information content (AvgIpc) is 2.75. The summed E-state index contributed by atoms with van der Waals surface area (Å²) in [5.74, 6) is -0.616. The Hall–Kier alpha value is -1.59. The molecule has 102 valence electrons. The van der Waals surface area contributed by atoms with Crippen molar-refractivity contribution >= 4 is 17.7 Å². The second-order valence-electron chi connectivity index (χ2n) is 4.62. The van der Waals surface area contributed by atoms with Crippen molar-refractivity contribution in [2.24, 2.45) is 5.92 Å². The molecule has 0 saturated carbocycles. The van der Waals surface area contributed by atoms with E-state index >= 15 is 0 Å². The predicted molar refractivity (Wildman–Crippen MR) is 66.6 cm³/mol. The molecule has 0 aliphatic carbocycles. The van der Waals surface area contributed by atoms with Crippen LogP contribution in [-0.2, 0) is 14.4 Å². The molecule has 3 amide bonds. The van der Waals surface area contributed by atoms with E-state index in [9.17, 15) is 14.4 Å². The van der Waals surface area contributed by atoms with E-state index in [2.05, 4.69) is 16.0 Å². The number of hydrogen-bond donors (Lipinski definition) is 3. The van der Waals surface area contributed by atoms with Gasteiger partial charge in [-0.25, -0.2) is 0 Å². The number of rotatable bonds is 6. The lowest BCUT2D eigenvalue weighted by atomic mass is 10.1. The fourth-order valence-electron chi connectivity index (χ4n) is 1.68. The molecular weight excluding hydrogens is 234 g/mol. The Morgan fingerprint density at radius 3 is 2.78 bits per heavy atom. The number of hydrogen-bond acceptors (Lipinski definition) is 3. The Kier molecular flexibility index (Phi) is 5.61. The molecule has 1 heterocycles. The molecule has 1 saturated heterocycles. The molecule has 3 N–H and O–H groups in total. The lowest BCUT2D eigenvalue weighted by molar-refractivity contribution is -0.126. The topological polar surface area (TPSA) is 87.3 Å². The minimum Gasteiger partial charge on any atom is -0.355 e. The van der Waals surface area contributed by atoms with Gasteiger partial charge in [-0.15, -0.1) is 0 Å². The SMILES string of the molecule is CCC(C)NC(=O)CCNC(=O)C1CNC(=O)C1. The molecule has 0 radical (unpaired) electrons. The smallest absolute Gasteiger partial charge is 0.225 e. The van der Waals surface area contributed by atoms with Crippen molar-refractivity contribution in [3.8, 4) is 0 Å². The molecule has 1 fully saturated rings. The van der Waals surface area contributed by atoms with Crippen molar-refractivity contribution in [2.75, 3.05) is 13.1 Å². The van der Waals surface area contributed by atoms with Crippen molar-refractivity contribution in [3.63, 3.8) is 0 Å². The summed E-state index contributed by atoms with van der Waals surface area (Å²) in [6.45, 7) is 4.64. The first-order valence-corrected chi connectivity index (χ1v) is 6.36. The van der Waals surface area contributed by atoms with Crippen LogP contribution >= 0.6 is 0 Å². The first kappa shape index (κ1) is 14.5. The van der Waals surface area contributed by atoms with E-state index in [4.69, 9.17) is 0 Å². The van der Waals surface area contributed by atoms with Gasteiger partial charge in [-0.05, 0) is 13.3 Å². The van der Waals surface area contributed by atoms with Crippen molar-refractivity contribution in [1.82, 2.24) is 16.0 Å². The van der Waals surface area contributed by atoms with Crippen LogP contribution in [0.5, 0.6) is 0 Å². The normalized spacial score (nSPS) is 20.1. The number of carbonyl (C=O) groups is 3. The summed E-state index contributed by atoms with van der Waals surface area (Å²) in [6.07, 6.45) is 1.39. The summed E-state index contributed by atoms with van der Waals surface area (Å²) >= 11 is 0. The van der Waals surface area contributed by atoms with E-state index in [0.717, 1.165) is 6.42 Å². The third-order valence-electron chi connectivity index (χ3n) is 3.02. The van der Waals surface area contributed by atoms with E-state index in [1.165, 1.54) is 0 Å². The van der Waals surface area contributed by atoms with Crippen molar-refractivity contribution in [2.45, 2.75) is 39.2 Å². The number of amides is 3. The molecule has 0 spiro atoms. The molecule has 0 aromatic heterocycles. The molecule has 1 aliphatic heterocycles. The molecule has 1 aliphatic rings. The van der Waals surface area contributed by atoms with Gasteiger partial charge >= 0.3 is 0 Å². The Labute approximate surface area is 107 Å². The molecular formula is C12H21N3O3. The van der Waals surface area contributed by atoms with Gasteiger partial charge in [0, 0.05) is 32.0 Å². The van der Waals surface area contributed by atoms with Gasteiger partial charge in [-0.2, -0.15) is 0 Å². The fourth-order valence-corrected chi connectivity index (χ4v) is 1.68. The summed E-state index contributed by atoms with van der Waals surface area (Å²) in [6, 6.07) is 0.157. The Bertz CT molecular complexity index is 331. The second-order valence-corrected chi connectivity index (χ2v) is 4.62. The maximum absolute atomic E-state index is 11.6. The van der Waals surface area contributed by atoms with Crippen LogP contribution in [0.4, 0.5) is 0 Å². The van der Waals surface area contributed by atoms with Crippen molar-refractivity contribution in [1.29, 1.82) is 0 Å². The largest absolute Gasteiger partial charge is 0.355 e. The Morgan fingerprint density at radius 2 is 2.22 bits per heavy atom. The standard InChI is InChI=1S/C12H21N3O3/c1-3-8(2)15-10(16)4-5-13-12(18)9-6-11(17)14-7-9/h8-9H,3-7H2,1-2H3,(H,13,18)(H,14,17)(H,15,16). The maximum atomic E-state index is 11.6. The summed E-state index contributed by atoms with van der Waals surface area (Å²) < 4.78 is 0. The van der Waals surface area contributed by atoms with Gasteiger partial charge in [0.1, 0.15) is 0 Å². The van der Waals surface area contributed by atoms with Gasteiger partial charge in [0.2, 0.25) is 17.7 Å². The third-order valence-corrected chi connectivity index (χ3v) is 3.02. The third kappa shape index (κ3) is 4.73. The summed E-state index contributed by atoms with van der Waals surface area (Å²) in [7, 11) is 0. The van der Waals surface area contributed by atoms with Gasteiger partial charge in [0.25, 0.3) is 0 Å². The summed E-state index contributed by atoms with van der Waals surface area (Å²) in [5.41, 5.74) is 0. The van der Waals surface area contributed by atoms with Crippen molar-refractivity contribution in [3.05, 3.63) is 0 Å². The lowest BCUT2D eigenvalue weighted by Gasteiger charge is -2.12. The first-order valence-electron chi connectivity index (χ1n) is 6.36. The zero-order valence-electron chi connectivity index (χ0n) is 10.9. The molecule has 0 aromatic rings. The zero-order valence-corrected chi connectivity index (χ0v) is 10.9. The molecule has 2 unspecified atom stereocenters. The highest BCUT2D eigenvalue weighted by Crippen LogP contribution is 2.08. The Morgan fingerprint density at radius 1 is 1.50 bits per heavy atom. The van der Waals surface area contributed by atoms with Crippen LogP contribution in [0.25, 0.3) is 0 Å². The molecule has 18 heavy (non-hydrogen) atoms. The van der Waals surface area contributed by atoms with E-state index in [1.807, 2.05) is 13.8 Å². The highest BCUT2D eigenvalue weighted by atomic mass is 16.2.